The Morgan fingerprint density at radius 1 is 1.06 bits per heavy atom. The molecule has 0 spiro atoms. The maximum Gasteiger partial charge on any atom is 0.325 e. The van der Waals surface area contributed by atoms with E-state index >= 15 is 0 Å². The van der Waals surface area contributed by atoms with Gasteiger partial charge in [-0.2, -0.15) is 0 Å². The Balaban J connectivity index is 1.46. The maximum absolute atomic E-state index is 13.1. The molecule has 1 saturated heterocycles. The summed E-state index contributed by atoms with van der Waals surface area (Å²) in [5.41, 5.74) is -0.549. The van der Waals surface area contributed by atoms with Crippen LogP contribution in [0.1, 0.15) is 12.5 Å². The number of hydrogen-bond acceptors (Lipinski definition) is 4. The number of nitrogens with zero attached hydrogens (tertiary/aromatic N) is 1. The number of aliphatic hydroxyl groups excluding tert-OH is 1. The Morgan fingerprint density at radius 3 is 2.55 bits per heavy atom. The molecule has 0 bridgehead atoms. The summed E-state index contributed by atoms with van der Waals surface area (Å²) >= 11 is 11.9. The molecule has 0 radical (unpaired) electrons. The number of benzene rings is 3. The van der Waals surface area contributed by atoms with Crippen LogP contribution in [0.4, 0.5) is 4.79 Å². The number of aliphatic hydroxyl groups is 1. The zero-order valence-electron chi connectivity index (χ0n) is 16.6. The highest BCUT2D eigenvalue weighted by Crippen LogP contribution is 2.31. The number of carbonyl (C=O) groups is 2. The van der Waals surface area contributed by atoms with E-state index in [1.165, 1.54) is 6.07 Å². The van der Waals surface area contributed by atoms with Crippen molar-refractivity contribution in [1.82, 2.24) is 10.2 Å². The summed E-state index contributed by atoms with van der Waals surface area (Å²) in [6, 6.07) is 17.6. The maximum atomic E-state index is 13.1. The van der Waals surface area contributed by atoms with Gasteiger partial charge < -0.3 is 15.2 Å². The topological polar surface area (TPSA) is 78.9 Å². The lowest BCUT2D eigenvalue weighted by molar-refractivity contribution is -0.132. The van der Waals surface area contributed by atoms with Gasteiger partial charge in [-0.25, -0.2) is 4.79 Å². The van der Waals surface area contributed by atoms with Gasteiger partial charge in [0.2, 0.25) is 0 Å². The van der Waals surface area contributed by atoms with Gasteiger partial charge in [-0.3, -0.25) is 9.69 Å². The van der Waals surface area contributed by atoms with Crippen molar-refractivity contribution in [1.29, 1.82) is 0 Å². The molecule has 2 atom stereocenters. The lowest BCUT2D eigenvalue weighted by Crippen LogP contribution is -2.42. The second kappa shape index (κ2) is 8.38. The lowest BCUT2D eigenvalue weighted by atomic mass is 9.90. The first-order valence-corrected chi connectivity index (χ1v) is 10.4. The number of rotatable bonds is 6. The number of halogens is 2. The van der Waals surface area contributed by atoms with Gasteiger partial charge >= 0.3 is 6.03 Å². The van der Waals surface area contributed by atoms with E-state index < -0.39 is 23.6 Å². The van der Waals surface area contributed by atoms with Gasteiger partial charge in [0.25, 0.3) is 5.91 Å². The van der Waals surface area contributed by atoms with E-state index in [1.807, 2.05) is 42.5 Å². The number of ether oxygens (including phenoxy) is 1. The minimum atomic E-state index is -1.22. The van der Waals surface area contributed by atoms with Crippen LogP contribution in [0, 0.1) is 0 Å². The van der Waals surface area contributed by atoms with Crippen LogP contribution >= 0.6 is 23.2 Å². The fourth-order valence-corrected chi connectivity index (χ4v) is 4.06. The molecule has 1 heterocycles. The van der Waals surface area contributed by atoms with E-state index in [-0.39, 0.29) is 13.2 Å². The van der Waals surface area contributed by atoms with Crippen molar-refractivity contribution in [2.75, 3.05) is 13.2 Å². The molecule has 3 aromatic rings. The molecule has 3 amide bonds. The SMILES string of the molecule is CC1(c2ccc3ccccc3c2)NC(=O)N(CC(O)COc2ccc(Cl)cc2Cl)C1=O. The summed E-state index contributed by atoms with van der Waals surface area (Å²) in [4.78, 5) is 26.7. The number of fused-ring (bicyclic) bond motifs is 1. The fourth-order valence-electron chi connectivity index (χ4n) is 3.60. The van der Waals surface area contributed by atoms with Gasteiger partial charge in [0, 0.05) is 5.02 Å². The van der Waals surface area contributed by atoms with E-state index in [9.17, 15) is 14.7 Å². The average molecular weight is 459 g/mol. The molecule has 1 fully saturated rings. The third-order valence-electron chi connectivity index (χ3n) is 5.32. The first kappa shape index (κ1) is 21.4. The summed E-state index contributed by atoms with van der Waals surface area (Å²) in [5.74, 6) is -0.0836. The monoisotopic (exact) mass is 458 g/mol. The molecule has 8 heteroatoms. The second-order valence-corrected chi connectivity index (χ2v) is 8.42. The van der Waals surface area contributed by atoms with Crippen LogP contribution in [0.15, 0.2) is 60.7 Å². The summed E-state index contributed by atoms with van der Waals surface area (Å²) in [7, 11) is 0. The highest BCUT2D eigenvalue weighted by atomic mass is 35.5. The molecule has 3 aromatic carbocycles. The van der Waals surface area contributed by atoms with E-state index in [2.05, 4.69) is 5.32 Å². The van der Waals surface area contributed by atoms with Crippen molar-refractivity contribution in [3.8, 4) is 5.75 Å². The molecular weight excluding hydrogens is 439 g/mol. The molecule has 1 aliphatic heterocycles. The highest BCUT2D eigenvalue weighted by molar-refractivity contribution is 6.35. The van der Waals surface area contributed by atoms with E-state index in [1.54, 1.807) is 19.1 Å². The van der Waals surface area contributed by atoms with Crippen molar-refractivity contribution >= 4 is 45.9 Å². The standard InChI is InChI=1S/C23H20Cl2N2O4/c1-23(16-7-6-14-4-2-3-5-15(14)10-16)21(29)27(22(30)26-23)12-18(28)13-31-20-9-8-17(24)11-19(20)25/h2-11,18,28H,12-13H2,1H3,(H,26,30). The average Bonchev–Trinajstić information content (AvgIpc) is 2.96. The molecule has 160 valence electrons. The molecule has 0 aliphatic carbocycles. The lowest BCUT2D eigenvalue weighted by Gasteiger charge is -2.23. The Labute approximate surface area is 189 Å². The van der Waals surface area contributed by atoms with Gasteiger partial charge in [0.1, 0.15) is 24.0 Å². The predicted octanol–water partition coefficient (Wildman–Crippen LogP) is 4.35. The van der Waals surface area contributed by atoms with Gasteiger partial charge in [0.15, 0.2) is 0 Å². The zero-order valence-corrected chi connectivity index (χ0v) is 18.2. The molecule has 2 N–H and O–H groups in total. The van der Waals surface area contributed by atoms with Crippen molar-refractivity contribution in [3.05, 3.63) is 76.3 Å². The number of nitrogens with one attached hydrogen (secondary N) is 1. The molecule has 2 unspecified atom stereocenters. The highest BCUT2D eigenvalue weighted by Gasteiger charge is 2.49. The third-order valence-corrected chi connectivity index (χ3v) is 5.85. The molecule has 6 nitrogen and oxygen atoms in total. The minimum Gasteiger partial charge on any atom is -0.489 e. The molecule has 1 aliphatic rings. The Kier molecular flexibility index (Phi) is 5.79. The number of hydrogen-bond donors (Lipinski definition) is 2. The van der Waals surface area contributed by atoms with Crippen LogP contribution in [0.3, 0.4) is 0 Å². The van der Waals surface area contributed by atoms with Crippen molar-refractivity contribution in [2.45, 2.75) is 18.6 Å². The molecule has 0 saturated carbocycles. The predicted molar refractivity (Wildman–Crippen MR) is 120 cm³/mol. The van der Waals surface area contributed by atoms with Gasteiger partial charge in [-0.1, -0.05) is 59.6 Å². The summed E-state index contributed by atoms with van der Waals surface area (Å²) in [6.07, 6.45) is -1.10. The summed E-state index contributed by atoms with van der Waals surface area (Å²) in [6.45, 7) is 1.30. The largest absolute Gasteiger partial charge is 0.489 e. The normalized spacial score (nSPS) is 19.5. The number of β-amino-alcohol motifs (C(OH)–C–C–N with tert-alkyl or cyclic N) is 1. The van der Waals surface area contributed by atoms with Crippen molar-refractivity contribution in [2.24, 2.45) is 0 Å². The molecular formula is C23H20Cl2N2O4. The second-order valence-electron chi connectivity index (χ2n) is 7.57. The van der Waals surface area contributed by atoms with Gasteiger partial charge in [-0.15, -0.1) is 0 Å². The first-order valence-electron chi connectivity index (χ1n) is 9.67. The number of urea groups is 1. The molecule has 4 rings (SSSR count). The zero-order chi connectivity index (χ0) is 22.2. The van der Waals surface area contributed by atoms with Gasteiger partial charge in [0.05, 0.1) is 11.6 Å². The Bertz CT molecular complexity index is 1170. The first-order chi connectivity index (χ1) is 14.8. The summed E-state index contributed by atoms with van der Waals surface area (Å²) in [5, 5.41) is 15.9. The van der Waals surface area contributed by atoms with Gasteiger partial charge in [-0.05, 0) is 47.5 Å². The van der Waals surface area contributed by atoms with E-state index in [0.717, 1.165) is 15.7 Å². The quantitative estimate of drug-likeness (QED) is 0.538. The molecule has 0 aromatic heterocycles. The number of carbonyl (C=O) groups excluding carboxylic acids is 2. The van der Waals surface area contributed by atoms with Crippen LogP contribution in [-0.4, -0.2) is 41.2 Å². The van der Waals surface area contributed by atoms with Crippen LogP contribution in [0.25, 0.3) is 10.8 Å². The fraction of sp³-hybridized carbons (Fsp3) is 0.217. The number of imide groups is 1. The van der Waals surface area contributed by atoms with Crippen molar-refractivity contribution < 1.29 is 19.4 Å². The minimum absolute atomic E-state index is 0.148. The van der Waals surface area contributed by atoms with E-state index in [4.69, 9.17) is 27.9 Å². The molecule has 31 heavy (non-hydrogen) atoms. The van der Waals surface area contributed by atoms with Crippen LogP contribution in [0.5, 0.6) is 5.75 Å². The van der Waals surface area contributed by atoms with E-state index in [0.29, 0.717) is 21.4 Å². The third kappa shape index (κ3) is 4.19. The smallest absolute Gasteiger partial charge is 0.325 e. The van der Waals surface area contributed by atoms with Crippen LogP contribution < -0.4 is 10.1 Å². The number of amides is 3. The Morgan fingerprint density at radius 2 is 1.81 bits per heavy atom. The van der Waals surface area contributed by atoms with Crippen LogP contribution in [-0.2, 0) is 10.3 Å². The Hall–Kier alpha value is -2.80. The van der Waals surface area contributed by atoms with Crippen LogP contribution in [0.2, 0.25) is 10.0 Å². The summed E-state index contributed by atoms with van der Waals surface area (Å²) < 4.78 is 5.51. The van der Waals surface area contributed by atoms with Crippen molar-refractivity contribution in [3.63, 3.8) is 0 Å².